The maximum atomic E-state index is 10.9. The van der Waals surface area contributed by atoms with Crippen molar-refractivity contribution in [2.75, 3.05) is 40.8 Å². The minimum atomic E-state index is -1.00. The molecule has 1 rings (SSSR count). The third-order valence-electron chi connectivity index (χ3n) is 4.65. The summed E-state index contributed by atoms with van der Waals surface area (Å²) in [5, 5.41) is 18.9. The molecule has 28 heavy (non-hydrogen) atoms. The molecular weight excluding hydrogens is 358 g/mol. The number of nitrogens with zero attached hydrogens (tertiary/aromatic N) is 3. The molecule has 1 atom stereocenters. The lowest BCUT2D eigenvalue weighted by atomic mass is 10.1. The topological polar surface area (TPSA) is 93.0 Å². The SMILES string of the molecule is CCCCCCCCC1=NCCN1C(CC)CC(=O)O.C[N+](C)(C)CC(=O)[O-]. The third kappa shape index (κ3) is 13.5. The molecule has 1 heterocycles. The highest BCUT2D eigenvalue weighted by atomic mass is 16.4. The molecule has 0 aromatic carbocycles. The predicted molar refractivity (Wildman–Crippen MR) is 111 cm³/mol. The zero-order valence-corrected chi connectivity index (χ0v) is 18.6. The number of rotatable bonds is 13. The molecule has 0 saturated heterocycles. The van der Waals surface area contributed by atoms with E-state index in [0.29, 0.717) is 4.48 Å². The first kappa shape index (κ1) is 26.4. The minimum Gasteiger partial charge on any atom is -0.544 e. The van der Waals surface area contributed by atoms with Gasteiger partial charge in [0.05, 0.1) is 45.9 Å². The van der Waals surface area contributed by atoms with Crippen molar-refractivity contribution in [3.05, 3.63) is 0 Å². The number of likely N-dealkylation sites (N-methyl/N-ethyl adjacent to an activating group) is 1. The molecule has 164 valence electrons. The van der Waals surface area contributed by atoms with Crippen molar-refractivity contribution in [2.45, 2.75) is 77.7 Å². The Morgan fingerprint density at radius 2 is 1.75 bits per heavy atom. The van der Waals surface area contributed by atoms with Crippen LogP contribution in [0, 0.1) is 0 Å². The summed E-state index contributed by atoms with van der Waals surface area (Å²) in [4.78, 5) is 27.6. The number of aliphatic carboxylic acids is 2. The van der Waals surface area contributed by atoms with Crippen LogP contribution < -0.4 is 5.11 Å². The van der Waals surface area contributed by atoms with Crippen molar-refractivity contribution in [3.8, 4) is 0 Å². The summed E-state index contributed by atoms with van der Waals surface area (Å²) in [5.41, 5.74) is 0. The number of hydrogen-bond acceptors (Lipinski definition) is 5. The van der Waals surface area contributed by atoms with Gasteiger partial charge in [-0.3, -0.25) is 9.79 Å². The largest absolute Gasteiger partial charge is 0.544 e. The summed E-state index contributed by atoms with van der Waals surface area (Å²) in [6.07, 6.45) is 9.84. The fourth-order valence-corrected chi connectivity index (χ4v) is 3.25. The van der Waals surface area contributed by atoms with E-state index in [1.807, 2.05) is 0 Å². The van der Waals surface area contributed by atoms with E-state index in [9.17, 15) is 14.7 Å². The Morgan fingerprint density at radius 3 is 2.21 bits per heavy atom. The average molecular weight is 400 g/mol. The molecular formula is C21H41N3O4. The van der Waals surface area contributed by atoms with Gasteiger partial charge in [0.15, 0.2) is 0 Å². The third-order valence-corrected chi connectivity index (χ3v) is 4.65. The van der Waals surface area contributed by atoms with Gasteiger partial charge < -0.3 is 24.4 Å². The molecule has 0 aromatic rings. The molecule has 0 bridgehead atoms. The lowest BCUT2D eigenvalue weighted by Gasteiger charge is -2.29. The zero-order valence-electron chi connectivity index (χ0n) is 18.6. The Bertz CT molecular complexity index is 487. The lowest BCUT2D eigenvalue weighted by Crippen LogP contribution is -2.45. The van der Waals surface area contributed by atoms with Crippen LogP contribution >= 0.6 is 0 Å². The van der Waals surface area contributed by atoms with Gasteiger partial charge in [0.2, 0.25) is 0 Å². The molecule has 1 unspecified atom stereocenters. The molecule has 7 nitrogen and oxygen atoms in total. The van der Waals surface area contributed by atoms with E-state index >= 15 is 0 Å². The minimum absolute atomic E-state index is 0.0694. The molecule has 7 heteroatoms. The van der Waals surface area contributed by atoms with Crippen LogP contribution in [0.2, 0.25) is 0 Å². The number of carbonyl (C=O) groups is 2. The summed E-state index contributed by atoms with van der Waals surface area (Å²) in [5.74, 6) is -0.561. The van der Waals surface area contributed by atoms with Gasteiger partial charge in [-0.15, -0.1) is 0 Å². The predicted octanol–water partition coefficient (Wildman–Crippen LogP) is 2.15. The number of quaternary nitrogens is 1. The molecule has 0 saturated carbocycles. The highest BCUT2D eigenvalue weighted by molar-refractivity contribution is 5.84. The Morgan fingerprint density at radius 1 is 1.14 bits per heavy atom. The molecule has 0 spiro atoms. The first-order valence-electron chi connectivity index (χ1n) is 10.6. The Hall–Kier alpha value is -1.63. The first-order valence-corrected chi connectivity index (χ1v) is 10.6. The first-order chi connectivity index (χ1) is 13.1. The maximum absolute atomic E-state index is 10.9. The van der Waals surface area contributed by atoms with Crippen molar-refractivity contribution in [3.63, 3.8) is 0 Å². The Labute approximate surface area is 171 Å². The van der Waals surface area contributed by atoms with E-state index in [1.54, 1.807) is 21.1 Å². The van der Waals surface area contributed by atoms with Crippen molar-refractivity contribution in [2.24, 2.45) is 4.99 Å². The molecule has 0 aliphatic carbocycles. The molecule has 1 N–H and O–H groups in total. The van der Waals surface area contributed by atoms with E-state index in [0.717, 1.165) is 31.8 Å². The highest BCUT2D eigenvalue weighted by Gasteiger charge is 2.25. The molecule has 0 amide bonds. The number of carboxylic acids is 2. The monoisotopic (exact) mass is 399 g/mol. The van der Waals surface area contributed by atoms with Gasteiger partial charge in [-0.05, 0) is 12.8 Å². The van der Waals surface area contributed by atoms with Crippen LogP contribution in [-0.2, 0) is 9.59 Å². The second kappa shape index (κ2) is 14.4. The Balaban J connectivity index is 0.000000769. The molecule has 0 fully saturated rings. The van der Waals surface area contributed by atoms with Crippen LogP contribution in [0.15, 0.2) is 4.99 Å². The van der Waals surface area contributed by atoms with Crippen molar-refractivity contribution < 1.29 is 24.3 Å². The van der Waals surface area contributed by atoms with E-state index in [4.69, 9.17) is 5.11 Å². The lowest BCUT2D eigenvalue weighted by molar-refractivity contribution is -0.864. The smallest absolute Gasteiger partial charge is 0.305 e. The number of unbranched alkanes of at least 4 members (excludes halogenated alkanes) is 5. The van der Waals surface area contributed by atoms with Gasteiger partial charge in [0, 0.05) is 19.0 Å². The van der Waals surface area contributed by atoms with Crippen LogP contribution in [0.3, 0.4) is 0 Å². The number of carbonyl (C=O) groups excluding carboxylic acids is 1. The Kier molecular flexibility index (Phi) is 13.5. The summed E-state index contributed by atoms with van der Waals surface area (Å²) in [7, 11) is 5.40. The summed E-state index contributed by atoms with van der Waals surface area (Å²) in [6, 6.07) is 0.119. The molecule has 1 aliphatic heterocycles. The standard InChI is InChI=1S/C16H30N2O2.C5H11NO2/c1-3-5-6-7-8-9-10-15-17-11-12-18(15)14(4-2)13-16(19)20;1-6(2,3)4-5(7)8/h14H,3-13H2,1-2H3,(H,19,20);4H2,1-3H3. The van der Waals surface area contributed by atoms with E-state index in [-0.39, 0.29) is 19.0 Å². The van der Waals surface area contributed by atoms with E-state index in [1.165, 1.54) is 38.5 Å². The van der Waals surface area contributed by atoms with Gasteiger partial charge in [-0.25, -0.2) is 0 Å². The number of aliphatic imine (C=N–C) groups is 1. The van der Waals surface area contributed by atoms with Gasteiger partial charge >= 0.3 is 5.97 Å². The molecule has 0 aromatic heterocycles. The van der Waals surface area contributed by atoms with E-state index < -0.39 is 11.9 Å². The zero-order chi connectivity index (χ0) is 21.6. The van der Waals surface area contributed by atoms with Gasteiger partial charge in [0.25, 0.3) is 0 Å². The summed E-state index contributed by atoms with van der Waals surface area (Å²) in [6.45, 7) is 6.10. The number of carboxylic acid groups (broad SMARTS) is 2. The highest BCUT2D eigenvalue weighted by Crippen LogP contribution is 2.18. The number of amidine groups is 1. The second-order valence-corrected chi connectivity index (χ2v) is 8.49. The van der Waals surface area contributed by atoms with Crippen LogP contribution in [-0.4, -0.2) is 79.1 Å². The molecule has 0 radical (unpaired) electrons. The quantitative estimate of drug-likeness (QED) is 0.378. The van der Waals surface area contributed by atoms with Crippen molar-refractivity contribution in [1.82, 2.24) is 4.90 Å². The van der Waals surface area contributed by atoms with E-state index in [2.05, 4.69) is 23.7 Å². The van der Waals surface area contributed by atoms with Crippen LogP contribution in [0.5, 0.6) is 0 Å². The van der Waals surface area contributed by atoms with Crippen molar-refractivity contribution in [1.29, 1.82) is 0 Å². The number of hydrogen-bond donors (Lipinski definition) is 1. The summed E-state index contributed by atoms with van der Waals surface area (Å²) >= 11 is 0. The average Bonchev–Trinajstić information content (AvgIpc) is 3.02. The maximum Gasteiger partial charge on any atom is 0.305 e. The van der Waals surface area contributed by atoms with Gasteiger partial charge in [0.1, 0.15) is 6.54 Å². The van der Waals surface area contributed by atoms with Gasteiger partial charge in [-0.1, -0.05) is 46.0 Å². The van der Waals surface area contributed by atoms with Gasteiger partial charge in [-0.2, -0.15) is 0 Å². The van der Waals surface area contributed by atoms with Crippen LogP contribution in [0.25, 0.3) is 0 Å². The summed E-state index contributed by atoms with van der Waals surface area (Å²) < 4.78 is 0.419. The fourth-order valence-electron chi connectivity index (χ4n) is 3.25. The fraction of sp³-hybridized carbons (Fsp3) is 0.857. The second-order valence-electron chi connectivity index (χ2n) is 8.49. The van der Waals surface area contributed by atoms with Crippen LogP contribution in [0.4, 0.5) is 0 Å². The molecule has 1 aliphatic rings. The normalized spacial score (nSPS) is 14.9. The van der Waals surface area contributed by atoms with Crippen LogP contribution in [0.1, 0.15) is 71.6 Å². The van der Waals surface area contributed by atoms with Crippen molar-refractivity contribution >= 4 is 17.8 Å².